The van der Waals surface area contributed by atoms with Crippen LogP contribution in [-0.2, 0) is 13.0 Å². The van der Waals surface area contributed by atoms with Gasteiger partial charge in [0.15, 0.2) is 6.29 Å². The van der Waals surface area contributed by atoms with Crippen molar-refractivity contribution in [2.24, 2.45) is 0 Å². The third kappa shape index (κ3) is 8.79. The Morgan fingerprint density at radius 1 is 0.913 bits per heavy atom. The van der Waals surface area contributed by atoms with Crippen LogP contribution in [0.2, 0.25) is 10.0 Å². The summed E-state index contributed by atoms with van der Waals surface area (Å²) >= 11 is 12.9. The van der Waals surface area contributed by atoms with Gasteiger partial charge >= 0.3 is 0 Å². The Kier molecular flexibility index (Phi) is 13.9. The van der Waals surface area contributed by atoms with Gasteiger partial charge in [-0.1, -0.05) is 47.5 Å². The molecule has 2 heterocycles. The summed E-state index contributed by atoms with van der Waals surface area (Å²) in [5.41, 5.74) is 9.57. The second kappa shape index (κ2) is 17.6. The van der Waals surface area contributed by atoms with Crippen LogP contribution in [0.25, 0.3) is 22.0 Å². The molecule has 46 heavy (non-hydrogen) atoms. The number of aryl methyl sites for hydroxylation is 5. The molecule has 5 aromatic rings. The fourth-order valence-electron chi connectivity index (χ4n) is 5.29. The molecule has 0 aliphatic carbocycles. The van der Waals surface area contributed by atoms with E-state index in [1.165, 1.54) is 0 Å². The molecule has 2 aromatic heterocycles. The Balaban J connectivity index is 0.000000373. The molecule has 0 fully saturated rings. The summed E-state index contributed by atoms with van der Waals surface area (Å²) < 4.78 is 5.96. The molecule has 0 saturated carbocycles. The number of benzene rings is 3. The van der Waals surface area contributed by atoms with E-state index in [1.54, 1.807) is 12.4 Å². The molecule has 0 bridgehead atoms. The third-order valence-corrected chi connectivity index (χ3v) is 8.29. The van der Waals surface area contributed by atoms with Crippen LogP contribution in [0.4, 0.5) is 0 Å². The normalized spacial score (nSPS) is 10.5. The van der Waals surface area contributed by atoms with Crippen molar-refractivity contribution in [3.8, 4) is 16.9 Å². The van der Waals surface area contributed by atoms with Crippen molar-refractivity contribution in [2.45, 2.75) is 47.1 Å². The van der Waals surface area contributed by atoms with Gasteiger partial charge in [-0.2, -0.15) is 0 Å². The molecule has 0 radical (unpaired) electrons. The number of H-pyrrole nitrogens is 1. The Morgan fingerprint density at radius 2 is 1.59 bits per heavy atom. The Hall–Kier alpha value is -4.08. The smallest absolute Gasteiger partial charge is 0.166 e. The molecule has 5 rings (SSSR count). The molecule has 3 N–H and O–H groups in total. The van der Waals surface area contributed by atoms with Crippen molar-refractivity contribution < 1.29 is 19.4 Å². The number of hydrogen-bond acceptors (Lipinski definition) is 7. The zero-order chi connectivity index (χ0) is 33.8. The lowest BCUT2D eigenvalue weighted by Gasteiger charge is -2.12. The molecule has 10 heteroatoms. The predicted molar refractivity (Wildman–Crippen MR) is 187 cm³/mol. The fourth-order valence-corrected chi connectivity index (χ4v) is 5.65. The summed E-state index contributed by atoms with van der Waals surface area (Å²) in [6, 6.07) is 15.3. The maximum absolute atomic E-state index is 11.9. The first kappa shape index (κ1) is 36.4. The highest BCUT2D eigenvalue weighted by Crippen LogP contribution is 2.39. The number of hydrogen-bond donors (Lipinski definition) is 3. The lowest BCUT2D eigenvalue weighted by atomic mass is 9.98. The molecule has 3 aromatic carbocycles. The number of aliphatic hydroxyl groups excluding tert-OH is 1. The van der Waals surface area contributed by atoms with Crippen LogP contribution in [0.1, 0.15) is 60.9 Å². The van der Waals surface area contributed by atoms with Gasteiger partial charge in [0, 0.05) is 52.1 Å². The minimum atomic E-state index is 0.524. The van der Waals surface area contributed by atoms with Crippen LogP contribution in [0, 0.1) is 27.7 Å². The van der Waals surface area contributed by atoms with Crippen LogP contribution in [0.5, 0.6) is 5.75 Å². The number of fused-ring (bicyclic) bond motifs is 1. The van der Waals surface area contributed by atoms with Crippen LogP contribution < -0.4 is 10.1 Å². The van der Waals surface area contributed by atoms with Gasteiger partial charge in [0.05, 0.1) is 22.8 Å². The van der Waals surface area contributed by atoms with E-state index in [0.717, 1.165) is 105 Å². The average Bonchev–Trinajstić information content (AvgIpc) is 3.41. The molecule has 0 unspecified atom stereocenters. The van der Waals surface area contributed by atoms with E-state index in [-0.39, 0.29) is 0 Å². The largest absolute Gasteiger partial charge is 0.494 e. The summed E-state index contributed by atoms with van der Waals surface area (Å²) in [6.45, 7) is 9.13. The number of nitrogens with zero attached hydrogens (tertiary/aromatic N) is 2. The van der Waals surface area contributed by atoms with Crippen molar-refractivity contribution in [3.05, 3.63) is 110 Å². The molecular formula is C36H40Cl2N4O4. The van der Waals surface area contributed by atoms with Crippen LogP contribution in [0.15, 0.2) is 54.9 Å². The van der Waals surface area contributed by atoms with Crippen molar-refractivity contribution in [3.63, 3.8) is 0 Å². The minimum absolute atomic E-state index is 0.524. The maximum atomic E-state index is 11.9. The van der Waals surface area contributed by atoms with Gasteiger partial charge in [-0.25, -0.2) is 9.97 Å². The summed E-state index contributed by atoms with van der Waals surface area (Å²) in [5.74, 6) is 0.799. The summed E-state index contributed by atoms with van der Waals surface area (Å²) in [7, 11) is 2.88. The van der Waals surface area contributed by atoms with Gasteiger partial charge in [-0.05, 0) is 94.1 Å². The highest BCUT2D eigenvalue weighted by molar-refractivity contribution is 6.35. The first-order chi connectivity index (χ1) is 22.2. The van der Waals surface area contributed by atoms with Crippen LogP contribution in [-0.4, -0.2) is 53.4 Å². The number of ether oxygens (including phenoxy) is 1. The highest BCUT2D eigenvalue weighted by Gasteiger charge is 2.20. The number of aldehydes is 2. The molecule has 0 aliphatic heterocycles. The summed E-state index contributed by atoms with van der Waals surface area (Å²) in [4.78, 5) is 34.2. The zero-order valence-electron chi connectivity index (χ0n) is 27.0. The third-order valence-electron chi connectivity index (χ3n) is 7.38. The first-order valence-corrected chi connectivity index (χ1v) is 15.5. The van der Waals surface area contributed by atoms with Gasteiger partial charge in [-0.3, -0.25) is 9.59 Å². The number of halogens is 2. The Bertz CT molecular complexity index is 1760. The second-order valence-corrected chi connectivity index (χ2v) is 11.4. The van der Waals surface area contributed by atoms with Crippen molar-refractivity contribution in [1.29, 1.82) is 0 Å². The Labute approximate surface area is 280 Å². The van der Waals surface area contributed by atoms with E-state index < -0.39 is 0 Å². The summed E-state index contributed by atoms with van der Waals surface area (Å²) in [6.07, 6.45) is 4.70. The molecule has 0 saturated heterocycles. The number of aromatic amines is 1. The van der Waals surface area contributed by atoms with E-state index in [1.807, 2.05) is 77.2 Å². The monoisotopic (exact) mass is 662 g/mol. The molecule has 0 amide bonds. The number of aromatic nitrogens is 3. The van der Waals surface area contributed by atoms with E-state index in [0.29, 0.717) is 23.7 Å². The second-order valence-electron chi connectivity index (χ2n) is 10.6. The zero-order valence-corrected chi connectivity index (χ0v) is 28.5. The quantitative estimate of drug-likeness (QED) is 0.103. The van der Waals surface area contributed by atoms with E-state index >= 15 is 0 Å². The first-order valence-electron chi connectivity index (χ1n) is 14.8. The van der Waals surface area contributed by atoms with Crippen molar-refractivity contribution in [1.82, 2.24) is 20.3 Å². The molecule has 0 spiro atoms. The molecule has 8 nitrogen and oxygen atoms in total. The number of carbonyl (C=O) groups is 2. The lowest BCUT2D eigenvalue weighted by Crippen LogP contribution is -2.04. The number of nitrogens with one attached hydrogen (secondary N) is 2. The predicted octanol–water partition coefficient (Wildman–Crippen LogP) is 7.82. The highest BCUT2D eigenvalue weighted by atomic mass is 35.5. The van der Waals surface area contributed by atoms with Gasteiger partial charge < -0.3 is 20.1 Å². The van der Waals surface area contributed by atoms with Gasteiger partial charge in [-0.15, -0.1) is 0 Å². The molecular weight excluding hydrogens is 623 g/mol. The maximum Gasteiger partial charge on any atom is 0.166 e. The van der Waals surface area contributed by atoms with Gasteiger partial charge in [0.25, 0.3) is 0 Å². The fraction of sp³-hybridized carbons (Fsp3) is 0.278. The average molecular weight is 664 g/mol. The summed E-state index contributed by atoms with van der Waals surface area (Å²) in [5, 5.41) is 12.3. The lowest BCUT2D eigenvalue weighted by molar-refractivity contribution is 0.111. The number of carbonyl (C=O) groups excluding carboxylic acids is 2. The van der Waals surface area contributed by atoms with Crippen molar-refractivity contribution in [2.75, 3.05) is 20.8 Å². The van der Waals surface area contributed by atoms with E-state index in [4.69, 9.17) is 33.0 Å². The van der Waals surface area contributed by atoms with E-state index in [2.05, 4.69) is 20.3 Å². The number of rotatable bonds is 10. The van der Waals surface area contributed by atoms with Gasteiger partial charge in [0.1, 0.15) is 18.4 Å². The molecule has 0 aliphatic rings. The molecule has 0 atom stereocenters. The van der Waals surface area contributed by atoms with Crippen LogP contribution in [0.3, 0.4) is 0 Å². The van der Waals surface area contributed by atoms with E-state index in [9.17, 15) is 9.59 Å². The topological polar surface area (TPSA) is 117 Å². The minimum Gasteiger partial charge on any atom is -0.494 e. The van der Waals surface area contributed by atoms with Crippen LogP contribution >= 0.6 is 23.2 Å². The Morgan fingerprint density at radius 3 is 2.20 bits per heavy atom. The van der Waals surface area contributed by atoms with Crippen molar-refractivity contribution >= 4 is 46.7 Å². The standard InChI is InChI=1S/C26H25Cl2N3O2.C9H11NO.CH4O/c1-14-10-18(11-15(2)25(14)28)33-9-5-6-19-20-7-8-21(27)24(26(20)31-22(19)12-32)23-16(3)29-13-30-17(23)4;1-10-6-8-3-2-4-9(5-8)7-11;1-2/h7-8,10-13,31H,5-6,9H2,1-4H3;2-5,7,10H,6H2,1H3;2H,1H3. The number of aliphatic hydroxyl groups is 1. The SMILES string of the molecule is CNCc1cccc(C=O)c1.CO.Cc1cc(OCCCc2c(C=O)[nH]c3c(-c4c(C)ncnc4C)c(Cl)ccc23)cc(C)c1Cl. The molecule has 242 valence electrons. The van der Waals surface area contributed by atoms with Gasteiger partial charge in [0.2, 0.25) is 0 Å².